The molecule has 1 aliphatic heterocycles. The highest BCUT2D eigenvalue weighted by atomic mass is 16.5. The van der Waals surface area contributed by atoms with E-state index in [1.807, 2.05) is 13.1 Å². The number of nitrogens with zero attached hydrogens (tertiary/aromatic N) is 3. The first-order valence-electron chi connectivity index (χ1n) is 6.03. The van der Waals surface area contributed by atoms with E-state index >= 15 is 0 Å². The van der Waals surface area contributed by atoms with E-state index in [2.05, 4.69) is 28.7 Å². The van der Waals surface area contributed by atoms with Crippen LogP contribution in [0.3, 0.4) is 0 Å². The Morgan fingerprint density at radius 3 is 2.65 bits per heavy atom. The second-order valence-electron chi connectivity index (χ2n) is 4.63. The smallest absolute Gasteiger partial charge is 0.136 e. The number of aromatic nitrogens is 2. The average Bonchev–Trinajstić information content (AvgIpc) is 2.27. The predicted molar refractivity (Wildman–Crippen MR) is 66.9 cm³/mol. The van der Waals surface area contributed by atoms with Crippen LogP contribution < -0.4 is 10.6 Å². The molecule has 17 heavy (non-hydrogen) atoms. The van der Waals surface area contributed by atoms with Crippen LogP contribution in [0.5, 0.6) is 0 Å². The van der Waals surface area contributed by atoms with Crippen LogP contribution in [0.2, 0.25) is 0 Å². The molecular formula is C12H20N4O. The molecular weight excluding hydrogens is 216 g/mol. The Labute approximate surface area is 102 Å². The van der Waals surface area contributed by atoms with Crippen LogP contribution in [-0.4, -0.2) is 35.3 Å². The minimum Gasteiger partial charge on any atom is -0.372 e. The molecule has 1 aromatic heterocycles. The van der Waals surface area contributed by atoms with Gasteiger partial charge in [0.05, 0.1) is 12.2 Å². The summed E-state index contributed by atoms with van der Waals surface area (Å²) in [5, 5.41) is 0. The summed E-state index contributed by atoms with van der Waals surface area (Å²) in [6, 6.07) is 0. The quantitative estimate of drug-likeness (QED) is 0.825. The Morgan fingerprint density at radius 1 is 1.41 bits per heavy atom. The topological polar surface area (TPSA) is 64.3 Å². The van der Waals surface area contributed by atoms with Crippen molar-refractivity contribution in [3.63, 3.8) is 0 Å². The zero-order chi connectivity index (χ0) is 12.4. The standard InChI is InChI=1S/C12H20N4O/c1-8-6-16(7-9(2)17-8)12-11(4-13)5-14-10(3)15-12/h5,8-9H,4,6-7,13H2,1-3H3. The molecule has 0 radical (unpaired) electrons. The molecule has 2 unspecified atom stereocenters. The van der Waals surface area contributed by atoms with Gasteiger partial charge in [-0.2, -0.15) is 0 Å². The summed E-state index contributed by atoms with van der Waals surface area (Å²) < 4.78 is 5.73. The molecule has 0 aromatic carbocycles. The highest BCUT2D eigenvalue weighted by molar-refractivity contribution is 5.46. The zero-order valence-corrected chi connectivity index (χ0v) is 10.7. The molecule has 0 saturated carbocycles. The Bertz CT molecular complexity index is 386. The van der Waals surface area contributed by atoms with Crippen molar-refractivity contribution >= 4 is 5.82 Å². The number of rotatable bonds is 2. The van der Waals surface area contributed by atoms with Crippen LogP contribution in [0.15, 0.2) is 6.20 Å². The first-order valence-corrected chi connectivity index (χ1v) is 6.03. The number of aryl methyl sites for hydroxylation is 1. The average molecular weight is 236 g/mol. The van der Waals surface area contributed by atoms with Gasteiger partial charge in [-0.1, -0.05) is 0 Å². The summed E-state index contributed by atoms with van der Waals surface area (Å²) >= 11 is 0. The second-order valence-corrected chi connectivity index (χ2v) is 4.63. The van der Waals surface area contributed by atoms with Gasteiger partial charge in [0.15, 0.2) is 0 Å². The van der Waals surface area contributed by atoms with Gasteiger partial charge in [0.2, 0.25) is 0 Å². The molecule has 1 aromatic rings. The zero-order valence-electron chi connectivity index (χ0n) is 10.7. The van der Waals surface area contributed by atoms with Crippen molar-refractivity contribution in [2.24, 2.45) is 5.73 Å². The van der Waals surface area contributed by atoms with E-state index in [0.29, 0.717) is 6.54 Å². The van der Waals surface area contributed by atoms with Gasteiger partial charge in [-0.05, 0) is 20.8 Å². The summed E-state index contributed by atoms with van der Waals surface area (Å²) in [5.74, 6) is 1.74. The van der Waals surface area contributed by atoms with Crippen LogP contribution >= 0.6 is 0 Å². The van der Waals surface area contributed by atoms with Gasteiger partial charge < -0.3 is 15.4 Å². The van der Waals surface area contributed by atoms with Gasteiger partial charge in [0.1, 0.15) is 11.6 Å². The molecule has 0 aliphatic carbocycles. The highest BCUT2D eigenvalue weighted by Crippen LogP contribution is 2.21. The normalized spacial score (nSPS) is 25.1. The van der Waals surface area contributed by atoms with Gasteiger partial charge >= 0.3 is 0 Å². The monoisotopic (exact) mass is 236 g/mol. The first kappa shape index (κ1) is 12.3. The van der Waals surface area contributed by atoms with Crippen LogP contribution in [0.25, 0.3) is 0 Å². The molecule has 5 nitrogen and oxygen atoms in total. The molecule has 2 atom stereocenters. The minimum absolute atomic E-state index is 0.222. The largest absolute Gasteiger partial charge is 0.372 e. The van der Waals surface area contributed by atoms with Crippen LogP contribution in [-0.2, 0) is 11.3 Å². The van der Waals surface area contributed by atoms with Crippen molar-refractivity contribution < 1.29 is 4.74 Å². The van der Waals surface area contributed by atoms with Gasteiger partial charge in [-0.25, -0.2) is 9.97 Å². The van der Waals surface area contributed by atoms with Crippen molar-refractivity contribution in [1.82, 2.24) is 9.97 Å². The number of anilines is 1. The molecule has 1 saturated heterocycles. The van der Waals surface area contributed by atoms with E-state index in [0.717, 1.165) is 30.3 Å². The van der Waals surface area contributed by atoms with E-state index in [-0.39, 0.29) is 12.2 Å². The van der Waals surface area contributed by atoms with Crippen molar-refractivity contribution in [2.45, 2.75) is 39.5 Å². The maximum absolute atomic E-state index is 5.74. The Hall–Kier alpha value is -1.20. The maximum atomic E-state index is 5.74. The van der Waals surface area contributed by atoms with Gasteiger partial charge in [0, 0.05) is 31.4 Å². The fourth-order valence-electron chi connectivity index (χ4n) is 2.25. The lowest BCUT2D eigenvalue weighted by molar-refractivity contribution is -0.00552. The number of hydrogen-bond acceptors (Lipinski definition) is 5. The summed E-state index contributed by atoms with van der Waals surface area (Å²) in [6.07, 6.45) is 2.27. The van der Waals surface area contributed by atoms with E-state index in [1.165, 1.54) is 0 Å². The molecule has 2 N–H and O–H groups in total. The van der Waals surface area contributed by atoms with Crippen molar-refractivity contribution in [3.05, 3.63) is 17.6 Å². The van der Waals surface area contributed by atoms with E-state index in [9.17, 15) is 0 Å². The lowest BCUT2D eigenvalue weighted by Crippen LogP contribution is -2.46. The van der Waals surface area contributed by atoms with E-state index in [1.54, 1.807) is 0 Å². The second kappa shape index (κ2) is 4.98. The fraction of sp³-hybridized carbons (Fsp3) is 0.667. The summed E-state index contributed by atoms with van der Waals surface area (Å²) in [4.78, 5) is 11.0. The Morgan fingerprint density at radius 2 is 2.06 bits per heavy atom. The third-order valence-electron chi connectivity index (χ3n) is 2.90. The predicted octanol–water partition coefficient (Wildman–Crippen LogP) is 0.857. The number of nitrogens with two attached hydrogens (primary N) is 1. The van der Waals surface area contributed by atoms with Crippen LogP contribution in [0.4, 0.5) is 5.82 Å². The highest BCUT2D eigenvalue weighted by Gasteiger charge is 2.24. The Balaban J connectivity index is 2.28. The molecule has 0 amide bonds. The number of hydrogen-bond donors (Lipinski definition) is 1. The third kappa shape index (κ3) is 2.73. The van der Waals surface area contributed by atoms with Crippen molar-refractivity contribution in [2.75, 3.05) is 18.0 Å². The molecule has 5 heteroatoms. The molecule has 0 spiro atoms. The van der Waals surface area contributed by atoms with E-state index < -0.39 is 0 Å². The summed E-state index contributed by atoms with van der Waals surface area (Å²) in [7, 11) is 0. The van der Waals surface area contributed by atoms with Gasteiger partial charge in [-0.15, -0.1) is 0 Å². The van der Waals surface area contributed by atoms with Gasteiger partial charge in [0.25, 0.3) is 0 Å². The molecule has 94 valence electrons. The van der Waals surface area contributed by atoms with Crippen molar-refractivity contribution in [3.8, 4) is 0 Å². The Kier molecular flexibility index (Phi) is 3.59. The SMILES string of the molecule is Cc1ncc(CN)c(N2CC(C)OC(C)C2)n1. The van der Waals surface area contributed by atoms with Gasteiger partial charge in [-0.3, -0.25) is 0 Å². The lowest BCUT2D eigenvalue weighted by Gasteiger charge is -2.36. The third-order valence-corrected chi connectivity index (χ3v) is 2.90. The molecule has 2 rings (SSSR count). The number of morpholine rings is 1. The minimum atomic E-state index is 0.222. The lowest BCUT2D eigenvalue weighted by atomic mass is 10.2. The fourth-order valence-corrected chi connectivity index (χ4v) is 2.25. The summed E-state index contributed by atoms with van der Waals surface area (Å²) in [5.41, 5.74) is 6.74. The maximum Gasteiger partial charge on any atom is 0.136 e. The molecule has 2 heterocycles. The molecule has 0 bridgehead atoms. The van der Waals surface area contributed by atoms with Crippen LogP contribution in [0, 0.1) is 6.92 Å². The van der Waals surface area contributed by atoms with Crippen LogP contribution in [0.1, 0.15) is 25.2 Å². The summed E-state index contributed by atoms with van der Waals surface area (Å²) in [6.45, 7) is 8.24. The molecule has 1 fully saturated rings. The van der Waals surface area contributed by atoms with Crippen molar-refractivity contribution in [1.29, 1.82) is 0 Å². The molecule has 1 aliphatic rings. The number of ether oxygens (including phenoxy) is 1. The van der Waals surface area contributed by atoms with E-state index in [4.69, 9.17) is 10.5 Å². The first-order chi connectivity index (χ1) is 8.10.